The van der Waals surface area contributed by atoms with Gasteiger partial charge in [-0.15, -0.1) is 11.3 Å². The number of carbonyl (C=O) groups excluding carboxylic acids is 3. The molecular weight excluding hydrogens is 380 g/mol. The highest BCUT2D eigenvalue weighted by atomic mass is 32.1. The van der Waals surface area contributed by atoms with Crippen molar-refractivity contribution in [3.05, 3.63) is 11.1 Å². The average molecular weight is 409 g/mol. The Morgan fingerprint density at radius 2 is 2.29 bits per heavy atom. The minimum absolute atomic E-state index is 0.0498. The highest BCUT2D eigenvalue weighted by molar-refractivity contribution is 7.13. The van der Waals surface area contributed by atoms with Gasteiger partial charge in [0.2, 0.25) is 18.2 Å². The van der Waals surface area contributed by atoms with Gasteiger partial charge in [0.25, 0.3) is 0 Å². The third-order valence-electron chi connectivity index (χ3n) is 5.68. The SMILES string of the molecule is CCCC[C@H](CN(O)C=O)C(=O)N1CC2(CC2)C[C@H]1C(=O)Nc1nc(C)cs1. The third kappa shape index (κ3) is 4.70. The van der Waals surface area contributed by atoms with Crippen molar-refractivity contribution in [3.8, 4) is 0 Å². The summed E-state index contributed by atoms with van der Waals surface area (Å²) < 4.78 is 0. The first kappa shape index (κ1) is 20.7. The number of rotatable bonds is 9. The molecule has 0 bridgehead atoms. The number of nitrogens with zero attached hydrogens (tertiary/aromatic N) is 3. The summed E-state index contributed by atoms with van der Waals surface area (Å²) in [6.45, 7) is 4.41. The quantitative estimate of drug-likeness (QED) is 0.371. The number of nitrogens with one attached hydrogen (secondary N) is 1. The summed E-state index contributed by atoms with van der Waals surface area (Å²) in [6.07, 6.45) is 5.32. The third-order valence-corrected chi connectivity index (χ3v) is 6.56. The second-order valence-corrected chi connectivity index (χ2v) is 8.89. The molecule has 1 spiro atoms. The smallest absolute Gasteiger partial charge is 0.248 e. The summed E-state index contributed by atoms with van der Waals surface area (Å²) in [5.41, 5.74) is 0.893. The molecule has 1 aliphatic heterocycles. The van der Waals surface area contributed by atoms with Crippen molar-refractivity contribution in [2.45, 2.75) is 58.4 Å². The molecular formula is C19H28N4O4S. The summed E-state index contributed by atoms with van der Waals surface area (Å²) >= 11 is 1.37. The molecule has 3 rings (SSSR count). The number of hydroxylamine groups is 2. The van der Waals surface area contributed by atoms with Crippen LogP contribution in [0.3, 0.4) is 0 Å². The van der Waals surface area contributed by atoms with E-state index in [0.717, 1.165) is 31.4 Å². The van der Waals surface area contributed by atoms with E-state index in [4.69, 9.17) is 0 Å². The van der Waals surface area contributed by atoms with Crippen LogP contribution in [-0.2, 0) is 14.4 Å². The van der Waals surface area contributed by atoms with E-state index in [1.54, 1.807) is 4.90 Å². The zero-order chi connectivity index (χ0) is 20.3. The van der Waals surface area contributed by atoms with E-state index >= 15 is 0 Å². The van der Waals surface area contributed by atoms with Crippen molar-refractivity contribution >= 4 is 34.7 Å². The van der Waals surface area contributed by atoms with E-state index in [1.807, 2.05) is 19.2 Å². The van der Waals surface area contributed by atoms with Crippen LogP contribution < -0.4 is 5.32 Å². The predicted octanol–water partition coefficient (Wildman–Crippen LogP) is 2.43. The molecule has 0 radical (unpaired) electrons. The molecule has 1 aromatic heterocycles. The Kier molecular flexibility index (Phi) is 6.34. The van der Waals surface area contributed by atoms with E-state index in [2.05, 4.69) is 10.3 Å². The van der Waals surface area contributed by atoms with Gasteiger partial charge in [0, 0.05) is 11.9 Å². The van der Waals surface area contributed by atoms with Crippen LogP contribution in [0.1, 0.15) is 51.1 Å². The van der Waals surface area contributed by atoms with Crippen LogP contribution in [0, 0.1) is 18.3 Å². The minimum atomic E-state index is -0.535. The number of unbranched alkanes of at least 4 members (excludes halogenated alkanes) is 1. The fourth-order valence-electron chi connectivity index (χ4n) is 3.91. The van der Waals surface area contributed by atoms with Crippen molar-refractivity contribution in [2.75, 3.05) is 18.4 Å². The topological polar surface area (TPSA) is 103 Å². The lowest BCUT2D eigenvalue weighted by Crippen LogP contribution is -2.47. The van der Waals surface area contributed by atoms with Gasteiger partial charge in [0.1, 0.15) is 6.04 Å². The van der Waals surface area contributed by atoms with E-state index in [9.17, 15) is 19.6 Å². The Bertz CT molecular complexity index is 733. The number of hydrogen-bond donors (Lipinski definition) is 2. The van der Waals surface area contributed by atoms with Crippen LogP contribution >= 0.6 is 11.3 Å². The highest BCUT2D eigenvalue weighted by Gasteiger charge is 2.55. The number of aryl methyl sites for hydroxylation is 1. The van der Waals surface area contributed by atoms with Crippen LogP contribution in [-0.4, -0.2) is 57.5 Å². The molecule has 9 heteroatoms. The van der Waals surface area contributed by atoms with E-state index in [1.165, 1.54) is 11.3 Å². The molecule has 2 aliphatic rings. The van der Waals surface area contributed by atoms with Crippen LogP contribution in [0.15, 0.2) is 5.38 Å². The van der Waals surface area contributed by atoms with Gasteiger partial charge < -0.3 is 10.2 Å². The van der Waals surface area contributed by atoms with Crippen molar-refractivity contribution < 1.29 is 19.6 Å². The number of thiazole rings is 1. The molecule has 3 amide bonds. The number of anilines is 1. The maximum Gasteiger partial charge on any atom is 0.248 e. The minimum Gasteiger partial charge on any atom is -0.330 e. The van der Waals surface area contributed by atoms with Gasteiger partial charge in [-0.3, -0.25) is 19.6 Å². The second kappa shape index (κ2) is 8.57. The molecule has 2 atom stereocenters. The lowest BCUT2D eigenvalue weighted by molar-refractivity contribution is -0.157. The van der Waals surface area contributed by atoms with Crippen LogP contribution in [0.5, 0.6) is 0 Å². The fourth-order valence-corrected chi connectivity index (χ4v) is 4.60. The van der Waals surface area contributed by atoms with Crippen molar-refractivity contribution in [2.24, 2.45) is 11.3 Å². The van der Waals surface area contributed by atoms with Gasteiger partial charge in [0.15, 0.2) is 5.13 Å². The molecule has 2 N–H and O–H groups in total. The first-order valence-corrected chi connectivity index (χ1v) is 10.7. The van der Waals surface area contributed by atoms with E-state index in [-0.39, 0.29) is 23.8 Å². The van der Waals surface area contributed by atoms with Crippen molar-refractivity contribution in [1.29, 1.82) is 0 Å². The van der Waals surface area contributed by atoms with Gasteiger partial charge in [-0.2, -0.15) is 0 Å². The number of aromatic nitrogens is 1. The first-order valence-electron chi connectivity index (χ1n) is 9.82. The molecule has 2 heterocycles. The zero-order valence-corrected chi connectivity index (χ0v) is 17.2. The normalized spacial score (nSPS) is 20.8. The van der Waals surface area contributed by atoms with Gasteiger partial charge in [-0.25, -0.2) is 10.0 Å². The molecule has 1 aromatic rings. The molecule has 28 heavy (non-hydrogen) atoms. The maximum atomic E-state index is 13.3. The molecule has 0 aromatic carbocycles. The van der Waals surface area contributed by atoms with Crippen molar-refractivity contribution in [1.82, 2.24) is 14.9 Å². The molecule has 1 saturated carbocycles. The lowest BCUT2D eigenvalue weighted by Gasteiger charge is -2.29. The molecule has 154 valence electrons. The highest BCUT2D eigenvalue weighted by Crippen LogP contribution is 2.55. The Morgan fingerprint density at radius 1 is 1.54 bits per heavy atom. The standard InChI is InChI=1S/C19H28N4O4S/c1-3-4-5-14(9-22(27)12-24)17(26)23-11-19(6-7-19)8-15(23)16(25)21-18-20-13(2)10-28-18/h10,12,14-15,27H,3-9,11H2,1-2H3,(H,20,21,25)/t14-,15+/m1/s1. The predicted molar refractivity (Wildman–Crippen MR) is 105 cm³/mol. The van der Waals surface area contributed by atoms with E-state index in [0.29, 0.717) is 36.0 Å². The van der Waals surface area contributed by atoms with Crippen molar-refractivity contribution in [3.63, 3.8) is 0 Å². The Morgan fingerprint density at radius 3 is 2.86 bits per heavy atom. The number of carbonyl (C=O) groups is 3. The van der Waals surface area contributed by atoms with Crippen LogP contribution in [0.4, 0.5) is 5.13 Å². The summed E-state index contributed by atoms with van der Waals surface area (Å²) in [6, 6.07) is -0.535. The number of likely N-dealkylation sites (tertiary alicyclic amines) is 1. The summed E-state index contributed by atoms with van der Waals surface area (Å²) in [7, 11) is 0. The Balaban J connectivity index is 1.74. The van der Waals surface area contributed by atoms with E-state index < -0.39 is 12.0 Å². The van der Waals surface area contributed by atoms with Gasteiger partial charge >= 0.3 is 0 Å². The van der Waals surface area contributed by atoms with Crippen LogP contribution in [0.2, 0.25) is 0 Å². The zero-order valence-electron chi connectivity index (χ0n) is 16.4. The largest absolute Gasteiger partial charge is 0.330 e. The maximum absolute atomic E-state index is 13.3. The molecule has 0 unspecified atom stereocenters. The molecule has 2 fully saturated rings. The average Bonchev–Trinajstić information content (AvgIpc) is 3.12. The number of hydrogen-bond acceptors (Lipinski definition) is 6. The van der Waals surface area contributed by atoms with Gasteiger partial charge in [0.05, 0.1) is 18.2 Å². The second-order valence-electron chi connectivity index (χ2n) is 8.04. The van der Waals surface area contributed by atoms with Gasteiger partial charge in [-0.1, -0.05) is 19.8 Å². The number of amides is 3. The Labute approximate surface area is 168 Å². The molecule has 1 aliphatic carbocycles. The molecule has 1 saturated heterocycles. The van der Waals surface area contributed by atoms with Crippen LogP contribution in [0.25, 0.3) is 0 Å². The summed E-state index contributed by atoms with van der Waals surface area (Å²) in [5, 5.41) is 15.4. The summed E-state index contributed by atoms with van der Waals surface area (Å²) in [4.78, 5) is 43.0. The first-order chi connectivity index (χ1) is 13.4. The summed E-state index contributed by atoms with van der Waals surface area (Å²) in [5.74, 6) is -0.882. The Hall–Kier alpha value is -2.00. The fraction of sp³-hybridized carbons (Fsp3) is 0.684. The van der Waals surface area contributed by atoms with Gasteiger partial charge in [-0.05, 0) is 38.0 Å². The lowest BCUT2D eigenvalue weighted by atomic mass is 9.99. The molecule has 8 nitrogen and oxygen atoms in total. The monoisotopic (exact) mass is 408 g/mol.